The molecule has 3 rings (SSSR count). The Kier molecular flexibility index (Phi) is 4.92. The number of benzene rings is 2. The smallest absolute Gasteiger partial charge is 0.409 e. The van der Waals surface area contributed by atoms with Gasteiger partial charge in [0.1, 0.15) is 17.0 Å². The lowest BCUT2D eigenvalue weighted by Gasteiger charge is -2.06. The average molecular weight is 391 g/mol. The molecular weight excluding hydrogens is 372 g/mol. The van der Waals surface area contributed by atoms with Crippen molar-refractivity contribution in [3.63, 3.8) is 0 Å². The lowest BCUT2D eigenvalue weighted by molar-refractivity contribution is -0.627. The van der Waals surface area contributed by atoms with Crippen LogP contribution in [0.15, 0.2) is 46.6 Å². The molecule has 0 bridgehead atoms. The molecule has 1 heterocycles. The Hall–Kier alpha value is -2.52. The number of aromatic nitrogens is 1. The van der Waals surface area contributed by atoms with Crippen LogP contribution in [0.4, 0.5) is 16.5 Å². The second kappa shape index (κ2) is 7.00. The van der Waals surface area contributed by atoms with E-state index >= 15 is 0 Å². The Morgan fingerprint density at radius 1 is 1.15 bits per heavy atom. The van der Waals surface area contributed by atoms with Crippen LogP contribution in [-0.4, -0.2) is 21.8 Å². The number of thiazole rings is 1. The van der Waals surface area contributed by atoms with Gasteiger partial charge in [-0.1, -0.05) is 6.07 Å². The molecule has 0 spiro atoms. The number of anilines is 1. The SMILES string of the molecule is COc1ccc2sc(N=Nc3ccc(C)cc3NS(C)(=O)=O)[n+](C)c2c1. The number of ether oxygens (including phenoxy) is 1. The fourth-order valence-electron chi connectivity index (χ4n) is 2.45. The van der Waals surface area contributed by atoms with Gasteiger partial charge in [-0.15, -0.1) is 0 Å². The van der Waals surface area contributed by atoms with Gasteiger partial charge in [-0.3, -0.25) is 4.72 Å². The van der Waals surface area contributed by atoms with Crippen molar-refractivity contribution in [2.24, 2.45) is 17.3 Å². The van der Waals surface area contributed by atoms with Crippen molar-refractivity contribution in [1.82, 2.24) is 0 Å². The van der Waals surface area contributed by atoms with Gasteiger partial charge in [-0.25, -0.2) is 13.0 Å². The molecule has 3 aromatic rings. The first-order chi connectivity index (χ1) is 12.3. The van der Waals surface area contributed by atoms with Crippen molar-refractivity contribution < 1.29 is 17.7 Å². The highest BCUT2D eigenvalue weighted by Gasteiger charge is 2.17. The maximum atomic E-state index is 11.6. The minimum absolute atomic E-state index is 0.404. The molecule has 26 heavy (non-hydrogen) atoms. The molecule has 2 aromatic carbocycles. The van der Waals surface area contributed by atoms with Gasteiger partial charge in [-0.2, -0.15) is 0 Å². The van der Waals surface area contributed by atoms with Crippen molar-refractivity contribution in [3.8, 4) is 5.75 Å². The van der Waals surface area contributed by atoms with Crippen molar-refractivity contribution in [2.75, 3.05) is 18.1 Å². The topological polar surface area (TPSA) is 84.0 Å². The summed E-state index contributed by atoms with van der Waals surface area (Å²) < 4.78 is 33.9. The van der Waals surface area contributed by atoms with Crippen LogP contribution in [-0.2, 0) is 17.1 Å². The number of nitrogens with one attached hydrogen (secondary N) is 1. The maximum Gasteiger partial charge on any atom is 0.409 e. The zero-order chi connectivity index (χ0) is 18.9. The molecule has 0 aliphatic carbocycles. The van der Waals surface area contributed by atoms with E-state index in [-0.39, 0.29) is 0 Å². The van der Waals surface area contributed by atoms with E-state index in [9.17, 15) is 8.42 Å². The molecule has 1 N–H and O–H groups in total. The summed E-state index contributed by atoms with van der Waals surface area (Å²) in [5.74, 6) is 0.771. The van der Waals surface area contributed by atoms with E-state index in [1.165, 1.54) is 11.3 Å². The Balaban J connectivity index is 2.00. The van der Waals surface area contributed by atoms with E-state index < -0.39 is 10.0 Å². The van der Waals surface area contributed by atoms with E-state index in [1.807, 2.05) is 42.8 Å². The molecule has 9 heteroatoms. The van der Waals surface area contributed by atoms with E-state index in [1.54, 1.807) is 19.2 Å². The Labute approximate surface area is 156 Å². The standard InChI is InChI=1S/C17H18N4O3S2/c1-11-5-7-13(14(9-11)20-26(4,22)23)18-19-17-21(2)15-10-12(24-3)6-8-16(15)25-17/h5-10H,1-4H3/p+1. The normalized spacial score (nSPS) is 12.0. The third-order valence-corrected chi connectivity index (χ3v) is 5.40. The monoisotopic (exact) mass is 391 g/mol. The van der Waals surface area contributed by atoms with E-state index in [0.717, 1.165) is 27.8 Å². The van der Waals surface area contributed by atoms with Crippen molar-refractivity contribution in [3.05, 3.63) is 42.0 Å². The van der Waals surface area contributed by atoms with Crippen molar-refractivity contribution in [2.45, 2.75) is 6.92 Å². The third kappa shape index (κ3) is 4.00. The van der Waals surface area contributed by atoms with Crippen LogP contribution < -0.4 is 14.0 Å². The average Bonchev–Trinajstić information content (AvgIpc) is 2.88. The molecule has 0 atom stereocenters. The summed E-state index contributed by atoms with van der Waals surface area (Å²) >= 11 is 1.49. The number of methoxy groups -OCH3 is 1. The molecular formula is C17H19N4O3S2+. The predicted molar refractivity (Wildman–Crippen MR) is 103 cm³/mol. The van der Waals surface area contributed by atoms with Gasteiger partial charge in [0.25, 0.3) is 0 Å². The van der Waals surface area contributed by atoms with Gasteiger partial charge in [0.05, 0.1) is 35.9 Å². The quantitative estimate of drug-likeness (QED) is 0.530. The lowest BCUT2D eigenvalue weighted by Crippen LogP contribution is -2.25. The molecule has 7 nitrogen and oxygen atoms in total. The number of azo groups is 1. The second-order valence-corrected chi connectivity index (χ2v) is 8.63. The summed E-state index contributed by atoms with van der Waals surface area (Å²) in [7, 11) is 0.123. The number of hydrogen-bond acceptors (Lipinski definition) is 6. The fourth-order valence-corrected chi connectivity index (χ4v) is 3.96. The minimum atomic E-state index is -3.40. The molecule has 0 aliphatic rings. The fraction of sp³-hybridized carbons (Fsp3) is 0.235. The molecule has 0 amide bonds. The summed E-state index contributed by atoms with van der Waals surface area (Å²) in [6.45, 7) is 1.88. The number of nitrogens with zero attached hydrogens (tertiary/aromatic N) is 3. The van der Waals surface area contributed by atoms with Crippen LogP contribution in [0.2, 0.25) is 0 Å². The molecule has 0 saturated heterocycles. The first-order valence-electron chi connectivity index (χ1n) is 7.73. The first-order valence-corrected chi connectivity index (χ1v) is 10.4. The third-order valence-electron chi connectivity index (χ3n) is 3.71. The molecule has 0 unspecified atom stereocenters. The summed E-state index contributed by atoms with van der Waals surface area (Å²) in [4.78, 5) is 0. The Bertz CT molecular complexity index is 1100. The van der Waals surface area contributed by atoms with Crippen LogP contribution in [0.3, 0.4) is 0 Å². The zero-order valence-corrected chi connectivity index (χ0v) is 16.5. The van der Waals surface area contributed by atoms with Crippen LogP contribution in [0.25, 0.3) is 10.2 Å². The van der Waals surface area contributed by atoms with E-state index in [4.69, 9.17) is 4.74 Å². The van der Waals surface area contributed by atoms with Crippen LogP contribution >= 0.6 is 11.3 Å². The summed E-state index contributed by atoms with van der Waals surface area (Å²) in [5.41, 5.74) is 2.77. The maximum absolute atomic E-state index is 11.6. The minimum Gasteiger partial charge on any atom is -0.497 e. The van der Waals surface area contributed by atoms with E-state index in [2.05, 4.69) is 15.0 Å². The van der Waals surface area contributed by atoms with Gasteiger partial charge in [0, 0.05) is 6.07 Å². The van der Waals surface area contributed by atoms with Gasteiger partial charge in [0.15, 0.2) is 0 Å². The number of aryl methyl sites for hydroxylation is 2. The van der Waals surface area contributed by atoms with Crippen molar-refractivity contribution in [1.29, 1.82) is 0 Å². The number of hydrogen-bond donors (Lipinski definition) is 1. The summed E-state index contributed by atoms with van der Waals surface area (Å²) in [6, 6.07) is 11.1. The second-order valence-electron chi connectivity index (χ2n) is 5.87. The number of rotatable bonds is 5. The largest absolute Gasteiger partial charge is 0.497 e. The molecule has 1 aromatic heterocycles. The first kappa shape index (κ1) is 18.3. The van der Waals surface area contributed by atoms with Gasteiger partial charge in [-0.05, 0) is 53.2 Å². The Morgan fingerprint density at radius 2 is 1.92 bits per heavy atom. The molecule has 0 aliphatic heterocycles. The molecule has 136 valence electrons. The molecule has 0 radical (unpaired) electrons. The zero-order valence-electron chi connectivity index (χ0n) is 14.8. The van der Waals surface area contributed by atoms with Crippen LogP contribution in [0, 0.1) is 6.92 Å². The van der Waals surface area contributed by atoms with Crippen molar-refractivity contribution >= 4 is 48.1 Å². The molecule has 0 fully saturated rings. The number of fused-ring (bicyclic) bond motifs is 1. The van der Waals surface area contributed by atoms with Crippen LogP contribution in [0.5, 0.6) is 5.75 Å². The summed E-state index contributed by atoms with van der Waals surface area (Å²) in [6.07, 6.45) is 1.11. The highest BCUT2D eigenvalue weighted by atomic mass is 32.2. The highest BCUT2D eigenvalue weighted by Crippen LogP contribution is 2.32. The molecule has 0 saturated carbocycles. The van der Waals surface area contributed by atoms with Gasteiger partial charge in [0.2, 0.25) is 10.0 Å². The van der Waals surface area contributed by atoms with E-state index in [0.29, 0.717) is 16.5 Å². The van der Waals surface area contributed by atoms with Crippen LogP contribution in [0.1, 0.15) is 5.56 Å². The van der Waals surface area contributed by atoms with Gasteiger partial charge >= 0.3 is 5.13 Å². The Morgan fingerprint density at radius 3 is 2.62 bits per heavy atom. The lowest BCUT2D eigenvalue weighted by atomic mass is 10.2. The predicted octanol–water partition coefficient (Wildman–Crippen LogP) is 3.83. The van der Waals surface area contributed by atoms with Gasteiger partial charge < -0.3 is 4.74 Å². The summed E-state index contributed by atoms with van der Waals surface area (Å²) in [5, 5.41) is 9.27. The highest BCUT2D eigenvalue weighted by molar-refractivity contribution is 7.92. The number of sulfonamides is 1.